The molecule has 1 heterocycles. The van der Waals surface area contributed by atoms with E-state index in [1.165, 1.54) is 0 Å². The lowest BCUT2D eigenvalue weighted by atomic mass is 10.1. The highest BCUT2D eigenvalue weighted by atomic mass is 16.2. The second-order valence-electron chi connectivity index (χ2n) is 4.75. The van der Waals surface area contributed by atoms with Crippen LogP contribution in [0.1, 0.15) is 32.1 Å². The Morgan fingerprint density at radius 3 is 2.63 bits per heavy atom. The van der Waals surface area contributed by atoms with Crippen LogP contribution in [0.4, 0.5) is 0 Å². The zero-order chi connectivity index (χ0) is 13.5. The maximum Gasteiger partial charge on any atom is 0.261 e. The monoisotopic (exact) mass is 260 g/mol. The van der Waals surface area contributed by atoms with Gasteiger partial charge in [0, 0.05) is 13.2 Å². The molecule has 0 saturated heterocycles. The lowest BCUT2D eigenvalue weighted by molar-refractivity contribution is 0.282. The van der Waals surface area contributed by atoms with E-state index in [4.69, 9.17) is 5.11 Å². The van der Waals surface area contributed by atoms with Crippen LogP contribution in [-0.4, -0.2) is 21.3 Å². The highest BCUT2D eigenvalue weighted by Crippen LogP contribution is 2.06. The van der Waals surface area contributed by atoms with Crippen molar-refractivity contribution in [2.75, 3.05) is 6.61 Å². The highest BCUT2D eigenvalue weighted by Gasteiger charge is 2.02. The number of hydrogen-bond acceptors (Lipinski definition) is 3. The summed E-state index contributed by atoms with van der Waals surface area (Å²) in [6.07, 6.45) is 6.73. The molecule has 0 atom stereocenters. The molecule has 0 aliphatic heterocycles. The SMILES string of the molecule is O=c1c2ccccc2ncn1CCCCCCCO. The van der Waals surface area contributed by atoms with E-state index in [0.29, 0.717) is 5.39 Å². The van der Waals surface area contributed by atoms with Crippen LogP contribution >= 0.6 is 0 Å². The van der Waals surface area contributed by atoms with Crippen molar-refractivity contribution in [2.24, 2.45) is 0 Å². The maximum atomic E-state index is 12.2. The summed E-state index contributed by atoms with van der Waals surface area (Å²) in [6, 6.07) is 7.43. The third-order valence-electron chi connectivity index (χ3n) is 3.29. The van der Waals surface area contributed by atoms with Gasteiger partial charge < -0.3 is 5.11 Å². The molecule has 2 rings (SSSR count). The molecular formula is C15H20N2O2. The molecule has 19 heavy (non-hydrogen) atoms. The van der Waals surface area contributed by atoms with Gasteiger partial charge in [-0.1, -0.05) is 31.4 Å². The number of fused-ring (bicyclic) bond motifs is 1. The number of rotatable bonds is 7. The fraction of sp³-hybridized carbons (Fsp3) is 0.467. The molecule has 0 fully saturated rings. The van der Waals surface area contributed by atoms with Gasteiger partial charge in [-0.25, -0.2) is 4.98 Å². The first-order chi connectivity index (χ1) is 9.33. The molecule has 102 valence electrons. The molecule has 0 unspecified atom stereocenters. The van der Waals surface area contributed by atoms with Crippen LogP contribution < -0.4 is 5.56 Å². The number of aliphatic hydroxyl groups excluding tert-OH is 1. The van der Waals surface area contributed by atoms with Crippen LogP contribution in [0.25, 0.3) is 10.9 Å². The van der Waals surface area contributed by atoms with Gasteiger partial charge in [0.1, 0.15) is 0 Å². The first-order valence-electron chi connectivity index (χ1n) is 6.88. The highest BCUT2D eigenvalue weighted by molar-refractivity contribution is 5.76. The van der Waals surface area contributed by atoms with E-state index >= 15 is 0 Å². The lowest BCUT2D eigenvalue weighted by Gasteiger charge is -2.06. The quantitative estimate of drug-likeness (QED) is 0.777. The standard InChI is InChI=1S/C15H20N2O2/c18-11-7-3-1-2-6-10-17-12-16-14-9-5-4-8-13(14)15(17)19/h4-5,8-9,12,18H,1-3,6-7,10-11H2. The third-order valence-corrected chi connectivity index (χ3v) is 3.29. The molecule has 1 aromatic heterocycles. The van der Waals surface area contributed by atoms with Gasteiger partial charge in [0.25, 0.3) is 5.56 Å². The van der Waals surface area contributed by atoms with Crippen LogP contribution in [0.3, 0.4) is 0 Å². The third kappa shape index (κ3) is 3.64. The maximum absolute atomic E-state index is 12.2. The predicted molar refractivity (Wildman–Crippen MR) is 76.2 cm³/mol. The minimum atomic E-state index is 0.0426. The summed E-state index contributed by atoms with van der Waals surface area (Å²) in [5, 5.41) is 9.37. The Hall–Kier alpha value is -1.68. The van der Waals surface area contributed by atoms with E-state index in [2.05, 4.69) is 4.98 Å². The summed E-state index contributed by atoms with van der Waals surface area (Å²) in [7, 11) is 0. The van der Waals surface area contributed by atoms with Gasteiger partial charge in [0.15, 0.2) is 0 Å². The molecule has 0 saturated carbocycles. The first kappa shape index (κ1) is 13.7. The number of benzene rings is 1. The Labute approximate surface area is 112 Å². The molecule has 0 amide bonds. The largest absolute Gasteiger partial charge is 0.396 e. The van der Waals surface area contributed by atoms with Gasteiger partial charge in [0.2, 0.25) is 0 Å². The van der Waals surface area contributed by atoms with E-state index in [1.54, 1.807) is 10.9 Å². The summed E-state index contributed by atoms with van der Waals surface area (Å²) < 4.78 is 1.69. The predicted octanol–water partition coefficient (Wildman–Crippen LogP) is 2.34. The van der Waals surface area contributed by atoms with Crippen molar-refractivity contribution in [2.45, 2.75) is 38.6 Å². The number of para-hydroxylation sites is 1. The lowest BCUT2D eigenvalue weighted by Crippen LogP contribution is -2.20. The van der Waals surface area contributed by atoms with Gasteiger partial charge in [-0.15, -0.1) is 0 Å². The fourth-order valence-electron chi connectivity index (χ4n) is 2.19. The van der Waals surface area contributed by atoms with Crippen molar-refractivity contribution in [3.8, 4) is 0 Å². The Morgan fingerprint density at radius 2 is 1.79 bits per heavy atom. The van der Waals surface area contributed by atoms with E-state index in [9.17, 15) is 4.79 Å². The van der Waals surface area contributed by atoms with Crippen LogP contribution in [0, 0.1) is 0 Å². The number of nitrogens with zero attached hydrogens (tertiary/aromatic N) is 2. The van der Waals surface area contributed by atoms with E-state index in [-0.39, 0.29) is 12.2 Å². The summed E-state index contributed by atoms with van der Waals surface area (Å²) in [6.45, 7) is 0.990. The van der Waals surface area contributed by atoms with Gasteiger partial charge in [-0.2, -0.15) is 0 Å². The molecule has 0 bridgehead atoms. The number of aliphatic hydroxyl groups is 1. The number of aromatic nitrogens is 2. The molecule has 2 aromatic rings. The summed E-state index contributed by atoms with van der Waals surface area (Å²) in [5.41, 5.74) is 0.799. The summed E-state index contributed by atoms with van der Waals surface area (Å²) in [5.74, 6) is 0. The summed E-state index contributed by atoms with van der Waals surface area (Å²) in [4.78, 5) is 16.5. The minimum Gasteiger partial charge on any atom is -0.396 e. The van der Waals surface area contributed by atoms with Crippen molar-refractivity contribution >= 4 is 10.9 Å². The first-order valence-corrected chi connectivity index (χ1v) is 6.88. The topological polar surface area (TPSA) is 55.1 Å². The van der Waals surface area contributed by atoms with E-state index in [1.807, 2.05) is 24.3 Å². The minimum absolute atomic E-state index is 0.0426. The molecular weight excluding hydrogens is 240 g/mol. The zero-order valence-electron chi connectivity index (χ0n) is 11.1. The number of unbranched alkanes of at least 4 members (excludes halogenated alkanes) is 4. The Morgan fingerprint density at radius 1 is 1.05 bits per heavy atom. The van der Waals surface area contributed by atoms with Crippen LogP contribution in [0.5, 0.6) is 0 Å². The molecule has 0 radical (unpaired) electrons. The molecule has 0 aliphatic carbocycles. The average molecular weight is 260 g/mol. The molecule has 1 aromatic carbocycles. The van der Waals surface area contributed by atoms with Crippen molar-refractivity contribution in [1.82, 2.24) is 9.55 Å². The Kier molecular flexibility index (Phi) is 5.10. The molecule has 4 heteroatoms. The van der Waals surface area contributed by atoms with Gasteiger partial charge in [0.05, 0.1) is 17.2 Å². The van der Waals surface area contributed by atoms with Crippen LogP contribution in [0.15, 0.2) is 35.4 Å². The van der Waals surface area contributed by atoms with Crippen molar-refractivity contribution in [1.29, 1.82) is 0 Å². The van der Waals surface area contributed by atoms with Gasteiger partial charge in [-0.3, -0.25) is 9.36 Å². The zero-order valence-corrected chi connectivity index (χ0v) is 11.1. The fourth-order valence-corrected chi connectivity index (χ4v) is 2.19. The number of aryl methyl sites for hydroxylation is 1. The molecule has 1 N–H and O–H groups in total. The Bertz CT molecular complexity index is 578. The molecule has 4 nitrogen and oxygen atoms in total. The molecule has 0 aliphatic rings. The van der Waals surface area contributed by atoms with Crippen molar-refractivity contribution < 1.29 is 5.11 Å². The van der Waals surface area contributed by atoms with Crippen molar-refractivity contribution in [3.05, 3.63) is 40.9 Å². The van der Waals surface area contributed by atoms with Crippen LogP contribution in [0.2, 0.25) is 0 Å². The normalized spacial score (nSPS) is 11.0. The van der Waals surface area contributed by atoms with Gasteiger partial charge >= 0.3 is 0 Å². The van der Waals surface area contributed by atoms with Crippen LogP contribution in [-0.2, 0) is 6.54 Å². The second-order valence-corrected chi connectivity index (χ2v) is 4.75. The Balaban J connectivity index is 1.94. The second kappa shape index (κ2) is 7.04. The van der Waals surface area contributed by atoms with Gasteiger partial charge in [-0.05, 0) is 25.0 Å². The van der Waals surface area contributed by atoms with Crippen molar-refractivity contribution in [3.63, 3.8) is 0 Å². The summed E-state index contributed by atoms with van der Waals surface area (Å²) >= 11 is 0. The average Bonchev–Trinajstić information content (AvgIpc) is 2.45. The number of hydrogen-bond donors (Lipinski definition) is 1. The van der Waals surface area contributed by atoms with E-state index in [0.717, 1.165) is 44.2 Å². The smallest absolute Gasteiger partial charge is 0.261 e. The van der Waals surface area contributed by atoms with E-state index < -0.39 is 0 Å². The molecule has 0 spiro atoms.